The smallest absolute Gasteiger partial charge is 0.127 e. The maximum absolute atomic E-state index is 13.6. The minimum atomic E-state index is -0.825. The number of rotatable bonds is 4. The van der Waals surface area contributed by atoms with Gasteiger partial charge in [0, 0.05) is 17.0 Å². The van der Waals surface area contributed by atoms with Gasteiger partial charge in [0.25, 0.3) is 0 Å². The molecule has 0 bridgehead atoms. The van der Waals surface area contributed by atoms with Crippen LogP contribution in [0.15, 0.2) is 18.2 Å². The van der Waals surface area contributed by atoms with Crippen LogP contribution < -0.4 is 0 Å². The summed E-state index contributed by atoms with van der Waals surface area (Å²) in [5.74, 6) is -0.405. The van der Waals surface area contributed by atoms with Crippen LogP contribution in [0.5, 0.6) is 0 Å². The van der Waals surface area contributed by atoms with Gasteiger partial charge in [-0.3, -0.25) is 0 Å². The summed E-state index contributed by atoms with van der Waals surface area (Å²) in [7, 11) is 0. The van der Waals surface area contributed by atoms with Gasteiger partial charge in [-0.05, 0) is 30.1 Å². The summed E-state index contributed by atoms with van der Waals surface area (Å²) < 4.78 is 17.4. The number of hydrogen-bond donors (Lipinski definition) is 1. The Bertz CT molecular complexity index is 526. The van der Waals surface area contributed by atoms with Crippen molar-refractivity contribution in [3.8, 4) is 0 Å². The summed E-state index contributed by atoms with van der Waals surface area (Å²) in [6, 6.07) is 4.48. The van der Waals surface area contributed by atoms with E-state index in [1.807, 2.05) is 6.92 Å². The third kappa shape index (κ3) is 2.68. The average molecular weight is 287 g/mol. The van der Waals surface area contributed by atoms with Crippen LogP contribution in [0, 0.1) is 5.82 Å². The first kappa shape index (κ1) is 13.4. The molecule has 2 rings (SSSR count). The van der Waals surface area contributed by atoms with E-state index in [1.165, 1.54) is 6.07 Å². The van der Waals surface area contributed by atoms with Crippen molar-refractivity contribution in [2.45, 2.75) is 25.9 Å². The Labute approximate surface area is 113 Å². The third-order valence-corrected chi connectivity index (χ3v) is 3.90. The van der Waals surface area contributed by atoms with Crippen molar-refractivity contribution in [3.05, 3.63) is 45.2 Å². The normalized spacial score (nSPS) is 12.7. The second-order valence-electron chi connectivity index (χ2n) is 3.86. The van der Waals surface area contributed by atoms with Gasteiger partial charge in [-0.25, -0.2) is 4.39 Å². The summed E-state index contributed by atoms with van der Waals surface area (Å²) in [6.45, 7) is 1.93. The summed E-state index contributed by atoms with van der Waals surface area (Å²) in [4.78, 5) is 0.678. The molecule has 1 atom stereocenters. The molecule has 1 N–H and O–H groups in total. The lowest BCUT2D eigenvalue weighted by atomic mass is 10.0. The SMILES string of the molecule is CCc1nnsc1C(O)Cc1c(F)cccc1Cl. The van der Waals surface area contributed by atoms with E-state index in [9.17, 15) is 9.50 Å². The predicted octanol–water partition coefficient (Wildman–Crippen LogP) is 3.17. The van der Waals surface area contributed by atoms with Crippen LogP contribution in [0.4, 0.5) is 4.39 Å². The van der Waals surface area contributed by atoms with Gasteiger partial charge in [-0.15, -0.1) is 5.10 Å². The van der Waals surface area contributed by atoms with Crippen LogP contribution in [-0.4, -0.2) is 14.7 Å². The van der Waals surface area contributed by atoms with Crippen molar-refractivity contribution >= 4 is 23.1 Å². The van der Waals surface area contributed by atoms with Crippen LogP contribution >= 0.6 is 23.1 Å². The van der Waals surface area contributed by atoms with Gasteiger partial charge in [0.1, 0.15) is 5.82 Å². The number of aliphatic hydroxyl groups is 1. The molecule has 0 amide bonds. The second kappa shape index (κ2) is 5.73. The highest BCUT2D eigenvalue weighted by Gasteiger charge is 2.19. The highest BCUT2D eigenvalue weighted by molar-refractivity contribution is 7.05. The number of aryl methyl sites for hydroxylation is 1. The number of nitrogens with zero attached hydrogens (tertiary/aromatic N) is 2. The van der Waals surface area contributed by atoms with E-state index in [2.05, 4.69) is 9.59 Å². The Balaban J connectivity index is 2.24. The minimum absolute atomic E-state index is 0.127. The summed E-state index contributed by atoms with van der Waals surface area (Å²) in [5.41, 5.74) is 1.07. The minimum Gasteiger partial charge on any atom is -0.387 e. The maximum Gasteiger partial charge on any atom is 0.127 e. The van der Waals surface area contributed by atoms with E-state index in [1.54, 1.807) is 12.1 Å². The van der Waals surface area contributed by atoms with Crippen molar-refractivity contribution in [1.82, 2.24) is 9.59 Å². The van der Waals surface area contributed by atoms with Gasteiger partial charge in [0.15, 0.2) is 0 Å². The zero-order chi connectivity index (χ0) is 13.1. The van der Waals surface area contributed by atoms with Crippen LogP contribution in [0.2, 0.25) is 5.02 Å². The average Bonchev–Trinajstić information content (AvgIpc) is 2.82. The molecule has 2 aromatic rings. The molecule has 1 unspecified atom stereocenters. The fourth-order valence-electron chi connectivity index (χ4n) is 1.73. The molecule has 0 fully saturated rings. The van der Waals surface area contributed by atoms with Crippen molar-refractivity contribution in [1.29, 1.82) is 0 Å². The Hall–Kier alpha value is -1.04. The first-order valence-electron chi connectivity index (χ1n) is 5.55. The first-order chi connectivity index (χ1) is 8.63. The van der Waals surface area contributed by atoms with E-state index >= 15 is 0 Å². The van der Waals surface area contributed by atoms with Crippen LogP contribution in [0.1, 0.15) is 29.2 Å². The molecule has 0 saturated carbocycles. The lowest BCUT2D eigenvalue weighted by Gasteiger charge is -2.11. The molecule has 0 aliphatic heterocycles. The number of hydrogen-bond acceptors (Lipinski definition) is 4. The Morgan fingerprint density at radius 2 is 2.28 bits per heavy atom. The van der Waals surface area contributed by atoms with Crippen molar-refractivity contribution in [2.75, 3.05) is 0 Å². The number of aromatic nitrogens is 2. The lowest BCUT2D eigenvalue weighted by molar-refractivity contribution is 0.179. The van der Waals surface area contributed by atoms with Crippen LogP contribution in [0.25, 0.3) is 0 Å². The molecule has 0 aliphatic rings. The molecule has 0 aliphatic carbocycles. The predicted molar refractivity (Wildman–Crippen MR) is 69.4 cm³/mol. The monoisotopic (exact) mass is 286 g/mol. The maximum atomic E-state index is 13.6. The molecule has 6 heteroatoms. The molecule has 0 radical (unpaired) electrons. The zero-order valence-electron chi connectivity index (χ0n) is 9.73. The van der Waals surface area contributed by atoms with E-state index in [4.69, 9.17) is 11.6 Å². The molecule has 0 saturated heterocycles. The topological polar surface area (TPSA) is 46.0 Å². The molecule has 1 aromatic heterocycles. The largest absolute Gasteiger partial charge is 0.387 e. The number of benzene rings is 1. The molecular formula is C12H12ClFN2OS. The van der Waals surface area contributed by atoms with E-state index in [0.717, 1.165) is 17.2 Å². The van der Waals surface area contributed by atoms with Gasteiger partial charge in [-0.2, -0.15) is 0 Å². The Kier molecular flexibility index (Phi) is 4.27. The first-order valence-corrected chi connectivity index (χ1v) is 6.70. The van der Waals surface area contributed by atoms with Gasteiger partial charge >= 0.3 is 0 Å². The molecule has 1 aromatic carbocycles. The number of aliphatic hydroxyl groups excluding tert-OH is 1. The second-order valence-corrected chi connectivity index (χ2v) is 5.05. The third-order valence-electron chi connectivity index (χ3n) is 2.68. The van der Waals surface area contributed by atoms with E-state index in [0.29, 0.717) is 21.9 Å². The van der Waals surface area contributed by atoms with Crippen molar-refractivity contribution in [3.63, 3.8) is 0 Å². The molecule has 1 heterocycles. The standard InChI is InChI=1S/C12H12ClFN2OS/c1-2-10-12(18-16-15-10)11(17)6-7-8(13)4-3-5-9(7)14/h3-5,11,17H,2,6H2,1H3. The van der Waals surface area contributed by atoms with Crippen molar-refractivity contribution < 1.29 is 9.50 Å². The van der Waals surface area contributed by atoms with Gasteiger partial charge in [0.2, 0.25) is 0 Å². The van der Waals surface area contributed by atoms with E-state index in [-0.39, 0.29) is 6.42 Å². The summed E-state index contributed by atoms with van der Waals surface area (Å²) in [6.07, 6.45) is -0.00892. The molecule has 3 nitrogen and oxygen atoms in total. The molecule has 0 spiro atoms. The van der Waals surface area contributed by atoms with Crippen LogP contribution in [0.3, 0.4) is 0 Å². The lowest BCUT2D eigenvalue weighted by Crippen LogP contribution is -2.05. The number of halogens is 2. The van der Waals surface area contributed by atoms with Gasteiger partial charge in [-0.1, -0.05) is 29.1 Å². The zero-order valence-corrected chi connectivity index (χ0v) is 11.3. The van der Waals surface area contributed by atoms with Crippen molar-refractivity contribution in [2.24, 2.45) is 0 Å². The summed E-state index contributed by atoms with van der Waals surface area (Å²) >= 11 is 7.07. The van der Waals surface area contributed by atoms with Gasteiger partial charge in [0.05, 0.1) is 16.7 Å². The van der Waals surface area contributed by atoms with Crippen LogP contribution in [-0.2, 0) is 12.8 Å². The highest BCUT2D eigenvalue weighted by Crippen LogP contribution is 2.28. The Morgan fingerprint density at radius 3 is 2.94 bits per heavy atom. The quantitative estimate of drug-likeness (QED) is 0.939. The van der Waals surface area contributed by atoms with E-state index < -0.39 is 11.9 Å². The molecular weight excluding hydrogens is 275 g/mol. The fraction of sp³-hybridized carbons (Fsp3) is 0.333. The Morgan fingerprint density at radius 1 is 1.50 bits per heavy atom. The molecule has 96 valence electrons. The fourth-order valence-corrected chi connectivity index (χ4v) is 2.69. The molecule has 18 heavy (non-hydrogen) atoms. The highest BCUT2D eigenvalue weighted by atomic mass is 35.5. The summed E-state index contributed by atoms with van der Waals surface area (Å²) in [5, 5.41) is 14.4. The van der Waals surface area contributed by atoms with Gasteiger partial charge < -0.3 is 5.11 Å².